The van der Waals surface area contributed by atoms with E-state index in [2.05, 4.69) is 35.8 Å². The maximum atomic E-state index is 11.9. The normalized spacial score (nSPS) is 10.2. The molecule has 0 bridgehead atoms. The van der Waals surface area contributed by atoms with Crippen molar-refractivity contribution < 1.29 is 57.1 Å². The molecule has 0 aliphatic heterocycles. The fraction of sp³-hybridized carbons (Fsp3) is 0.351. The van der Waals surface area contributed by atoms with Gasteiger partial charge in [-0.25, -0.2) is 19.2 Å². The Morgan fingerprint density at radius 1 is 0.531 bits per heavy atom. The molecule has 0 atom stereocenters. The van der Waals surface area contributed by atoms with Gasteiger partial charge in [-0.3, -0.25) is 0 Å². The lowest BCUT2D eigenvalue weighted by atomic mass is 9.76. The zero-order valence-electron chi connectivity index (χ0n) is 29.1. The number of benzene rings is 2. The number of carbonyl (C=O) groups is 4. The van der Waals surface area contributed by atoms with E-state index in [4.69, 9.17) is 28.4 Å². The van der Waals surface area contributed by atoms with Crippen molar-refractivity contribution in [2.75, 3.05) is 39.6 Å². The number of ether oxygens (including phenoxy) is 8. The molecule has 0 spiro atoms. The summed E-state index contributed by atoms with van der Waals surface area (Å²) in [6.07, 6.45) is 4.24. The van der Waals surface area contributed by atoms with Crippen molar-refractivity contribution in [1.82, 2.24) is 0 Å². The number of esters is 4. The maximum absolute atomic E-state index is 11.9. The lowest BCUT2D eigenvalue weighted by molar-refractivity contribution is -0.146. The smallest absolute Gasteiger partial charge is 0.335 e. The second-order valence-corrected chi connectivity index (χ2v) is 9.89. The average molecular weight is 683 g/mol. The van der Waals surface area contributed by atoms with Crippen LogP contribution in [0, 0.1) is 0 Å². The van der Waals surface area contributed by atoms with Gasteiger partial charge in [-0.2, -0.15) is 0 Å². The minimum absolute atomic E-state index is 0.0322. The van der Waals surface area contributed by atoms with Crippen LogP contribution in [0.15, 0.2) is 74.9 Å². The van der Waals surface area contributed by atoms with Gasteiger partial charge in [-0.05, 0) is 39.8 Å². The standard InChI is InChI=1S/C29H36O8.C8H10O4/c1-9-23(30)36-21-17-15-19(25(32-11-3)27(21)34-13-5)29(7,8)20-16-18-22(37-24(31)10-2)28(35-14-6)26(20)33-12-4;1-3-7(9)11-5-6-12-8(10)4-2/h9-10,15-18H,1-2,11-14H2,3-8H3;3-4H,1-2,5-6H2. The largest absolute Gasteiger partial charge is 0.490 e. The van der Waals surface area contributed by atoms with Gasteiger partial charge in [-0.15, -0.1) is 0 Å². The highest BCUT2D eigenvalue weighted by Crippen LogP contribution is 2.52. The predicted molar refractivity (Wildman–Crippen MR) is 184 cm³/mol. The lowest BCUT2D eigenvalue weighted by Crippen LogP contribution is -2.23. The van der Waals surface area contributed by atoms with Gasteiger partial charge in [-0.1, -0.05) is 52.3 Å². The lowest BCUT2D eigenvalue weighted by Gasteiger charge is -2.32. The molecule has 0 aromatic heterocycles. The second kappa shape index (κ2) is 21.4. The number of hydrogen-bond donors (Lipinski definition) is 0. The summed E-state index contributed by atoms with van der Waals surface area (Å²) in [4.78, 5) is 44.7. The van der Waals surface area contributed by atoms with E-state index in [0.29, 0.717) is 49.4 Å². The van der Waals surface area contributed by atoms with E-state index < -0.39 is 29.3 Å². The van der Waals surface area contributed by atoms with Gasteiger partial charge < -0.3 is 37.9 Å². The summed E-state index contributed by atoms with van der Waals surface area (Å²) in [5.74, 6) is -0.357. The highest BCUT2D eigenvalue weighted by atomic mass is 16.6. The van der Waals surface area contributed by atoms with Crippen LogP contribution >= 0.6 is 0 Å². The van der Waals surface area contributed by atoms with E-state index in [9.17, 15) is 19.2 Å². The highest BCUT2D eigenvalue weighted by Gasteiger charge is 2.35. The minimum atomic E-state index is -0.728. The van der Waals surface area contributed by atoms with E-state index in [0.717, 1.165) is 35.4 Å². The third-order valence-corrected chi connectivity index (χ3v) is 6.31. The van der Waals surface area contributed by atoms with Crippen LogP contribution in [0.5, 0.6) is 34.5 Å². The van der Waals surface area contributed by atoms with Crippen molar-refractivity contribution in [2.45, 2.75) is 47.0 Å². The van der Waals surface area contributed by atoms with Crippen molar-refractivity contribution >= 4 is 23.9 Å². The van der Waals surface area contributed by atoms with E-state index >= 15 is 0 Å². The van der Waals surface area contributed by atoms with Crippen LogP contribution in [0.1, 0.15) is 52.7 Å². The third kappa shape index (κ3) is 12.2. The SMILES string of the molecule is C=CC(=O)OCCOC(=O)C=C.C=CC(=O)Oc1ccc(C(C)(C)c2ccc(OC(=O)C=C)c(OCC)c2OCC)c(OCC)c1OCC. The van der Waals surface area contributed by atoms with Crippen LogP contribution < -0.4 is 28.4 Å². The molecule has 2 rings (SSSR count). The molecule has 0 saturated carbocycles. The molecule has 12 nitrogen and oxygen atoms in total. The summed E-state index contributed by atoms with van der Waals surface area (Å²) < 4.78 is 43.8. The third-order valence-electron chi connectivity index (χ3n) is 6.31. The molecule has 0 unspecified atom stereocenters. The molecule has 0 aliphatic carbocycles. The molecule has 2 aromatic carbocycles. The molecular weight excluding hydrogens is 636 g/mol. The van der Waals surface area contributed by atoms with Crippen molar-refractivity contribution in [1.29, 1.82) is 0 Å². The Kier molecular flexibility index (Phi) is 18.1. The summed E-state index contributed by atoms with van der Waals surface area (Å²) in [6, 6.07) is 6.97. The molecule has 49 heavy (non-hydrogen) atoms. The quantitative estimate of drug-likeness (QED) is 0.0717. The van der Waals surface area contributed by atoms with E-state index in [1.807, 2.05) is 53.7 Å². The van der Waals surface area contributed by atoms with E-state index in [1.165, 1.54) is 0 Å². The van der Waals surface area contributed by atoms with Gasteiger partial charge in [0.2, 0.25) is 11.5 Å². The Hall–Kier alpha value is -5.52. The van der Waals surface area contributed by atoms with Crippen molar-refractivity contribution in [3.63, 3.8) is 0 Å². The van der Waals surface area contributed by atoms with Crippen LogP contribution in [-0.2, 0) is 34.1 Å². The van der Waals surface area contributed by atoms with Crippen LogP contribution in [0.2, 0.25) is 0 Å². The van der Waals surface area contributed by atoms with Gasteiger partial charge >= 0.3 is 23.9 Å². The first-order valence-electron chi connectivity index (χ1n) is 15.5. The summed E-state index contributed by atoms with van der Waals surface area (Å²) in [5.41, 5.74) is 0.792. The van der Waals surface area contributed by atoms with E-state index in [1.54, 1.807) is 12.1 Å². The van der Waals surface area contributed by atoms with Gasteiger partial charge in [0.25, 0.3) is 0 Å². The number of rotatable bonds is 19. The summed E-state index contributed by atoms with van der Waals surface area (Å²) in [6.45, 7) is 26.1. The van der Waals surface area contributed by atoms with Crippen LogP contribution in [0.4, 0.5) is 0 Å². The first-order valence-corrected chi connectivity index (χ1v) is 15.5. The second-order valence-electron chi connectivity index (χ2n) is 9.89. The first kappa shape index (κ1) is 41.5. The van der Waals surface area contributed by atoms with Gasteiger partial charge in [0, 0.05) is 40.8 Å². The Morgan fingerprint density at radius 3 is 1.12 bits per heavy atom. The van der Waals surface area contributed by atoms with Crippen molar-refractivity contribution in [3.05, 3.63) is 86.0 Å². The minimum Gasteiger partial charge on any atom is -0.490 e. The van der Waals surface area contributed by atoms with Crippen molar-refractivity contribution in [2.24, 2.45) is 0 Å². The molecule has 12 heteroatoms. The molecule has 0 amide bonds. The summed E-state index contributed by atoms with van der Waals surface area (Å²) in [7, 11) is 0. The van der Waals surface area contributed by atoms with Crippen molar-refractivity contribution in [3.8, 4) is 34.5 Å². The zero-order valence-corrected chi connectivity index (χ0v) is 29.1. The first-order chi connectivity index (χ1) is 23.4. The molecule has 0 fully saturated rings. The Labute approximate surface area is 287 Å². The molecule has 0 saturated heterocycles. The van der Waals surface area contributed by atoms with Gasteiger partial charge in [0.05, 0.1) is 26.4 Å². The highest BCUT2D eigenvalue weighted by molar-refractivity contribution is 5.85. The predicted octanol–water partition coefficient (Wildman–Crippen LogP) is 6.23. The number of hydrogen-bond acceptors (Lipinski definition) is 12. The van der Waals surface area contributed by atoms with Gasteiger partial charge in [0.1, 0.15) is 13.2 Å². The Bertz CT molecular complexity index is 1380. The van der Waals surface area contributed by atoms with Crippen LogP contribution in [0.25, 0.3) is 0 Å². The maximum Gasteiger partial charge on any atom is 0.335 e. The van der Waals surface area contributed by atoms with E-state index in [-0.39, 0.29) is 24.7 Å². The topological polar surface area (TPSA) is 142 Å². The van der Waals surface area contributed by atoms with Gasteiger partial charge in [0.15, 0.2) is 23.0 Å². The average Bonchev–Trinajstić information content (AvgIpc) is 3.09. The molecule has 2 aromatic rings. The molecule has 0 radical (unpaired) electrons. The molecular formula is C37H46O12. The molecule has 0 aliphatic rings. The molecule has 266 valence electrons. The number of carbonyl (C=O) groups excluding carboxylic acids is 4. The monoisotopic (exact) mass is 682 g/mol. The summed E-state index contributed by atoms with van der Waals surface area (Å²) in [5, 5.41) is 0. The van der Waals surface area contributed by atoms with Crippen LogP contribution in [0.3, 0.4) is 0 Å². The summed E-state index contributed by atoms with van der Waals surface area (Å²) >= 11 is 0. The zero-order chi connectivity index (χ0) is 37.0. The van der Waals surface area contributed by atoms with Crippen LogP contribution in [-0.4, -0.2) is 63.5 Å². The molecule has 0 heterocycles. The Balaban J connectivity index is 0.000000849. The molecule has 0 N–H and O–H groups in total. The Morgan fingerprint density at radius 2 is 0.837 bits per heavy atom. The fourth-order valence-electron chi connectivity index (χ4n) is 4.22. The fourth-order valence-corrected chi connectivity index (χ4v) is 4.22.